The van der Waals surface area contributed by atoms with Crippen molar-refractivity contribution in [2.24, 2.45) is 5.73 Å². The van der Waals surface area contributed by atoms with E-state index in [1.165, 1.54) is 19.4 Å². The smallest absolute Gasteiger partial charge is 0.0638 e. The molecule has 0 aliphatic carbocycles. The van der Waals surface area contributed by atoms with Crippen LogP contribution in [0.2, 0.25) is 0 Å². The van der Waals surface area contributed by atoms with Gasteiger partial charge in [0.15, 0.2) is 0 Å². The highest BCUT2D eigenvalue weighted by Gasteiger charge is 2.31. The summed E-state index contributed by atoms with van der Waals surface area (Å²) in [4.78, 5) is 5.08. The third-order valence-electron chi connectivity index (χ3n) is 4.44. The molecule has 0 bridgehead atoms. The third-order valence-corrected chi connectivity index (χ3v) is 4.44. The Morgan fingerprint density at radius 3 is 2.58 bits per heavy atom. The molecule has 0 aromatic rings. The zero-order chi connectivity index (χ0) is 14.5. The first-order chi connectivity index (χ1) is 8.93. The van der Waals surface area contributed by atoms with Gasteiger partial charge >= 0.3 is 0 Å². The second-order valence-corrected chi connectivity index (χ2v) is 6.47. The molecule has 2 N–H and O–H groups in total. The molecule has 1 aliphatic heterocycles. The van der Waals surface area contributed by atoms with Crippen LogP contribution in [-0.4, -0.2) is 67.8 Å². The van der Waals surface area contributed by atoms with Crippen molar-refractivity contribution in [3.63, 3.8) is 0 Å². The number of ether oxygens (including phenoxy) is 1. The lowest BCUT2D eigenvalue weighted by molar-refractivity contribution is -0.0141. The number of hydrogen-bond acceptors (Lipinski definition) is 4. The summed E-state index contributed by atoms with van der Waals surface area (Å²) in [5, 5.41) is 0. The predicted molar refractivity (Wildman–Crippen MR) is 81.4 cm³/mol. The summed E-state index contributed by atoms with van der Waals surface area (Å²) >= 11 is 0. The summed E-state index contributed by atoms with van der Waals surface area (Å²) in [5.41, 5.74) is 5.96. The number of nitrogens with zero attached hydrogens (tertiary/aromatic N) is 2. The Kier molecular flexibility index (Phi) is 6.74. The molecule has 0 spiro atoms. The lowest BCUT2D eigenvalue weighted by Crippen LogP contribution is -2.51. The van der Waals surface area contributed by atoms with Crippen LogP contribution >= 0.6 is 0 Å². The SMILES string of the molecule is CCC1CN(C)CCCN1C(CN)CC(C)(C)OC. The highest BCUT2D eigenvalue weighted by molar-refractivity contribution is 4.87. The average molecular weight is 271 g/mol. The van der Waals surface area contributed by atoms with Gasteiger partial charge in [0, 0.05) is 38.8 Å². The van der Waals surface area contributed by atoms with Crippen molar-refractivity contribution < 1.29 is 4.74 Å². The molecule has 1 aliphatic rings. The maximum atomic E-state index is 6.06. The first-order valence-corrected chi connectivity index (χ1v) is 7.63. The van der Waals surface area contributed by atoms with Crippen LogP contribution in [0.15, 0.2) is 0 Å². The van der Waals surface area contributed by atoms with E-state index in [1.54, 1.807) is 7.11 Å². The van der Waals surface area contributed by atoms with Crippen molar-refractivity contribution in [1.29, 1.82) is 0 Å². The van der Waals surface area contributed by atoms with Crippen LogP contribution in [0.5, 0.6) is 0 Å². The fraction of sp³-hybridized carbons (Fsp3) is 1.00. The molecule has 2 unspecified atom stereocenters. The van der Waals surface area contributed by atoms with E-state index in [0.717, 1.165) is 19.5 Å². The first kappa shape index (κ1) is 16.9. The zero-order valence-electron chi connectivity index (χ0n) is 13.5. The minimum absolute atomic E-state index is 0.0967. The van der Waals surface area contributed by atoms with Crippen LogP contribution in [0.4, 0.5) is 0 Å². The monoisotopic (exact) mass is 271 g/mol. The number of likely N-dealkylation sites (N-methyl/N-ethyl adjacent to an activating group) is 1. The van der Waals surface area contributed by atoms with E-state index < -0.39 is 0 Å². The Labute approximate surface area is 119 Å². The van der Waals surface area contributed by atoms with E-state index in [9.17, 15) is 0 Å². The fourth-order valence-electron chi connectivity index (χ4n) is 3.09. The summed E-state index contributed by atoms with van der Waals surface area (Å²) in [6.07, 6.45) is 3.42. The molecular formula is C15H33N3O. The summed E-state index contributed by atoms with van der Waals surface area (Å²) in [5.74, 6) is 0. The summed E-state index contributed by atoms with van der Waals surface area (Å²) in [6.45, 7) is 10.8. The maximum Gasteiger partial charge on any atom is 0.0638 e. The Balaban J connectivity index is 2.76. The van der Waals surface area contributed by atoms with Gasteiger partial charge in [-0.05, 0) is 46.7 Å². The molecule has 0 radical (unpaired) electrons. The molecule has 0 aromatic carbocycles. The van der Waals surface area contributed by atoms with E-state index >= 15 is 0 Å². The quantitative estimate of drug-likeness (QED) is 0.796. The van der Waals surface area contributed by atoms with Crippen molar-refractivity contribution >= 4 is 0 Å². The standard InChI is InChI=1S/C15H33N3O/c1-6-13-12-17(4)8-7-9-18(13)14(11-16)10-15(2,3)19-5/h13-14H,6-12,16H2,1-5H3. The van der Waals surface area contributed by atoms with Gasteiger partial charge in [0.1, 0.15) is 0 Å². The normalized spacial score (nSPS) is 25.3. The van der Waals surface area contributed by atoms with Crippen LogP contribution in [0.1, 0.15) is 40.0 Å². The van der Waals surface area contributed by atoms with E-state index in [2.05, 4.69) is 37.6 Å². The molecule has 19 heavy (non-hydrogen) atoms. The Morgan fingerprint density at radius 1 is 1.37 bits per heavy atom. The fourth-order valence-corrected chi connectivity index (χ4v) is 3.09. The second kappa shape index (κ2) is 7.58. The molecule has 0 aromatic heterocycles. The molecule has 4 heteroatoms. The van der Waals surface area contributed by atoms with Crippen LogP contribution in [0.25, 0.3) is 0 Å². The summed E-state index contributed by atoms with van der Waals surface area (Å²) < 4.78 is 5.59. The Morgan fingerprint density at radius 2 is 2.05 bits per heavy atom. The van der Waals surface area contributed by atoms with Crippen molar-refractivity contribution in [3.05, 3.63) is 0 Å². The van der Waals surface area contributed by atoms with Gasteiger partial charge in [0.2, 0.25) is 0 Å². The van der Waals surface area contributed by atoms with Crippen LogP contribution in [0, 0.1) is 0 Å². The van der Waals surface area contributed by atoms with Gasteiger partial charge < -0.3 is 15.4 Å². The molecule has 4 nitrogen and oxygen atoms in total. The topological polar surface area (TPSA) is 41.7 Å². The lowest BCUT2D eigenvalue weighted by atomic mass is 9.96. The van der Waals surface area contributed by atoms with Gasteiger partial charge in [-0.1, -0.05) is 6.92 Å². The van der Waals surface area contributed by atoms with Crippen molar-refractivity contribution in [1.82, 2.24) is 9.80 Å². The van der Waals surface area contributed by atoms with Gasteiger partial charge in [0.05, 0.1) is 5.60 Å². The second-order valence-electron chi connectivity index (χ2n) is 6.47. The van der Waals surface area contributed by atoms with Crippen LogP contribution in [-0.2, 0) is 4.74 Å². The van der Waals surface area contributed by atoms with Crippen molar-refractivity contribution in [2.45, 2.75) is 57.7 Å². The predicted octanol–water partition coefficient (Wildman–Crippen LogP) is 1.54. The maximum absolute atomic E-state index is 6.06. The van der Waals surface area contributed by atoms with Crippen LogP contribution < -0.4 is 5.73 Å². The lowest BCUT2D eigenvalue weighted by Gasteiger charge is -2.39. The number of hydrogen-bond donors (Lipinski definition) is 1. The van der Waals surface area contributed by atoms with Crippen molar-refractivity contribution in [2.75, 3.05) is 40.3 Å². The summed E-state index contributed by atoms with van der Waals surface area (Å²) in [6, 6.07) is 1.04. The number of methoxy groups -OCH3 is 1. The molecule has 1 heterocycles. The van der Waals surface area contributed by atoms with Crippen molar-refractivity contribution in [3.8, 4) is 0 Å². The van der Waals surface area contributed by atoms with Gasteiger partial charge in [0.25, 0.3) is 0 Å². The van der Waals surface area contributed by atoms with Gasteiger partial charge in [-0.3, -0.25) is 4.90 Å². The molecule has 114 valence electrons. The minimum atomic E-state index is -0.0967. The zero-order valence-corrected chi connectivity index (χ0v) is 13.5. The highest BCUT2D eigenvalue weighted by atomic mass is 16.5. The Hall–Kier alpha value is -0.160. The largest absolute Gasteiger partial charge is 0.379 e. The highest BCUT2D eigenvalue weighted by Crippen LogP contribution is 2.23. The van der Waals surface area contributed by atoms with Gasteiger partial charge in [-0.15, -0.1) is 0 Å². The molecule has 1 fully saturated rings. The average Bonchev–Trinajstić information content (AvgIpc) is 2.57. The van der Waals surface area contributed by atoms with Gasteiger partial charge in [-0.25, -0.2) is 0 Å². The van der Waals surface area contributed by atoms with Gasteiger partial charge in [-0.2, -0.15) is 0 Å². The van der Waals surface area contributed by atoms with E-state index in [-0.39, 0.29) is 5.60 Å². The number of nitrogens with two attached hydrogens (primary N) is 1. The molecule has 1 rings (SSSR count). The molecule has 0 saturated carbocycles. The molecule has 1 saturated heterocycles. The molecule has 2 atom stereocenters. The summed E-state index contributed by atoms with van der Waals surface area (Å²) in [7, 11) is 4.02. The first-order valence-electron chi connectivity index (χ1n) is 7.63. The van der Waals surface area contributed by atoms with E-state index in [0.29, 0.717) is 18.6 Å². The van der Waals surface area contributed by atoms with E-state index in [4.69, 9.17) is 10.5 Å². The van der Waals surface area contributed by atoms with E-state index in [1.807, 2.05) is 0 Å². The molecular weight excluding hydrogens is 238 g/mol. The van der Waals surface area contributed by atoms with Crippen LogP contribution in [0.3, 0.4) is 0 Å². The molecule has 0 amide bonds. The number of rotatable bonds is 6. The third kappa shape index (κ3) is 5.03. The minimum Gasteiger partial charge on any atom is -0.379 e. The Bertz CT molecular complexity index is 258.